The maximum Gasteiger partial charge on any atom is 0.286 e. The Morgan fingerprint density at radius 3 is 2.19 bits per heavy atom. The summed E-state index contributed by atoms with van der Waals surface area (Å²) in [4.78, 5) is 22.5. The molecule has 1 saturated heterocycles. The van der Waals surface area contributed by atoms with E-state index in [0.29, 0.717) is 0 Å². The first-order chi connectivity index (χ1) is 12.6. The Morgan fingerprint density at radius 1 is 1.00 bits per heavy atom. The second-order valence-electron chi connectivity index (χ2n) is 7.28. The number of carbonyl (C=O) groups is 2. The molecule has 0 spiro atoms. The Hall–Kier alpha value is -0.810. The average Bonchev–Trinajstić information content (AvgIpc) is 2.94. The number of aliphatic hydroxyl groups excluding tert-OH is 1. The molecule has 4 nitrogen and oxygen atoms in total. The van der Waals surface area contributed by atoms with Crippen molar-refractivity contribution in [1.82, 2.24) is 5.32 Å². The highest BCUT2D eigenvalue weighted by atomic mass is 32.2. The molecule has 1 rings (SSSR count). The van der Waals surface area contributed by atoms with Crippen molar-refractivity contribution in [2.75, 3.05) is 0 Å². The number of carbonyl (C=O) groups excluding carboxylic acids is 2. The van der Waals surface area contributed by atoms with Gasteiger partial charge in [0.05, 0.1) is 11.4 Å². The minimum atomic E-state index is -0.253. The third kappa shape index (κ3) is 11.7. The fraction of sp³-hybridized carbons (Fsp3) is 0.810. The summed E-state index contributed by atoms with van der Waals surface area (Å²) in [5, 5.41) is 11.7. The van der Waals surface area contributed by atoms with Crippen LogP contribution in [0.4, 0.5) is 4.79 Å². The molecule has 1 unspecified atom stereocenters. The van der Waals surface area contributed by atoms with E-state index < -0.39 is 0 Å². The summed E-state index contributed by atoms with van der Waals surface area (Å²) < 4.78 is 0. The lowest BCUT2D eigenvalue weighted by molar-refractivity contribution is -0.119. The normalized spacial score (nSPS) is 18.6. The van der Waals surface area contributed by atoms with Crippen LogP contribution in [0.3, 0.4) is 0 Å². The lowest BCUT2D eigenvalue weighted by atomic mass is 10.0. The summed E-state index contributed by atoms with van der Waals surface area (Å²) in [6.45, 7) is 2.15. The highest BCUT2D eigenvalue weighted by Crippen LogP contribution is 2.24. The van der Waals surface area contributed by atoms with Gasteiger partial charge in [-0.1, -0.05) is 95.0 Å². The van der Waals surface area contributed by atoms with Gasteiger partial charge >= 0.3 is 0 Å². The van der Waals surface area contributed by atoms with Crippen LogP contribution in [0.2, 0.25) is 0 Å². The van der Waals surface area contributed by atoms with Crippen molar-refractivity contribution in [3.8, 4) is 0 Å². The second kappa shape index (κ2) is 15.3. The summed E-state index contributed by atoms with van der Waals surface area (Å²) >= 11 is 1.14. The molecule has 0 bridgehead atoms. The number of imide groups is 1. The van der Waals surface area contributed by atoms with Gasteiger partial charge in [0.25, 0.3) is 5.24 Å². The third-order valence-electron chi connectivity index (χ3n) is 4.82. The first-order valence-electron chi connectivity index (χ1n) is 10.5. The first-order valence-corrected chi connectivity index (χ1v) is 11.4. The van der Waals surface area contributed by atoms with E-state index in [1.807, 2.05) is 6.08 Å². The van der Waals surface area contributed by atoms with Crippen LogP contribution in [0.5, 0.6) is 0 Å². The van der Waals surface area contributed by atoms with Crippen LogP contribution in [-0.4, -0.2) is 27.6 Å². The molecule has 0 radical (unpaired) electrons. The average molecular weight is 384 g/mol. The fourth-order valence-corrected chi connectivity index (χ4v) is 4.04. The first kappa shape index (κ1) is 23.2. The van der Waals surface area contributed by atoms with E-state index in [-0.39, 0.29) is 22.5 Å². The van der Waals surface area contributed by atoms with Crippen molar-refractivity contribution in [3.63, 3.8) is 0 Å². The molecule has 2 amide bonds. The monoisotopic (exact) mass is 383 g/mol. The summed E-state index contributed by atoms with van der Waals surface area (Å²) in [6, 6.07) is 0. The number of hydrogen-bond acceptors (Lipinski definition) is 4. The number of hydrogen-bond donors (Lipinski definition) is 2. The zero-order valence-corrected chi connectivity index (χ0v) is 17.2. The number of unbranched alkanes of at least 4 members (excludes halogenated alkanes) is 10. The number of rotatable bonds is 16. The molecule has 0 aromatic heterocycles. The summed E-state index contributed by atoms with van der Waals surface area (Å²) in [5.74, 6) is -0.106. The van der Waals surface area contributed by atoms with Crippen LogP contribution in [0.1, 0.15) is 96.8 Å². The molecule has 2 N–H and O–H groups in total. The molecule has 0 aliphatic carbocycles. The van der Waals surface area contributed by atoms with Crippen LogP contribution in [0, 0.1) is 0 Å². The van der Waals surface area contributed by atoms with Crippen molar-refractivity contribution in [3.05, 3.63) is 12.2 Å². The molecule has 0 aromatic carbocycles. The van der Waals surface area contributed by atoms with E-state index >= 15 is 0 Å². The third-order valence-corrected chi connectivity index (χ3v) is 5.87. The Kier molecular flexibility index (Phi) is 13.6. The number of thioether (sulfide) groups is 1. The lowest BCUT2D eigenvalue weighted by Gasteiger charge is -2.05. The van der Waals surface area contributed by atoms with Crippen LogP contribution in [0.25, 0.3) is 0 Å². The Balaban J connectivity index is 1.80. The molecule has 1 aliphatic heterocycles. The molecule has 150 valence electrons. The van der Waals surface area contributed by atoms with E-state index in [2.05, 4.69) is 18.3 Å². The zero-order chi connectivity index (χ0) is 19.0. The highest BCUT2D eigenvalue weighted by Gasteiger charge is 2.30. The van der Waals surface area contributed by atoms with Crippen molar-refractivity contribution in [2.24, 2.45) is 0 Å². The highest BCUT2D eigenvalue weighted by molar-refractivity contribution is 8.15. The lowest BCUT2D eigenvalue weighted by Crippen LogP contribution is -2.23. The quantitative estimate of drug-likeness (QED) is 0.263. The van der Waals surface area contributed by atoms with Gasteiger partial charge in [-0.25, -0.2) is 0 Å². The number of allylic oxidation sites excluding steroid dienone is 1. The predicted molar refractivity (Wildman–Crippen MR) is 110 cm³/mol. The summed E-state index contributed by atoms with van der Waals surface area (Å²) in [7, 11) is 0. The van der Waals surface area contributed by atoms with Gasteiger partial charge in [0.1, 0.15) is 0 Å². The molecular formula is C21H37NO3S. The van der Waals surface area contributed by atoms with Crippen molar-refractivity contribution < 1.29 is 14.7 Å². The topological polar surface area (TPSA) is 66.4 Å². The van der Waals surface area contributed by atoms with Gasteiger partial charge in [-0.2, -0.15) is 0 Å². The fourth-order valence-electron chi connectivity index (χ4n) is 3.18. The summed E-state index contributed by atoms with van der Waals surface area (Å²) in [6.07, 6.45) is 20.0. The van der Waals surface area contributed by atoms with Crippen LogP contribution >= 0.6 is 11.8 Å². The van der Waals surface area contributed by atoms with Crippen LogP contribution < -0.4 is 5.32 Å². The maximum atomic E-state index is 11.4. The van der Waals surface area contributed by atoms with Crippen LogP contribution in [-0.2, 0) is 4.79 Å². The molecule has 1 fully saturated rings. The maximum absolute atomic E-state index is 11.4. The van der Waals surface area contributed by atoms with E-state index in [9.17, 15) is 14.7 Å². The smallest absolute Gasteiger partial charge is 0.286 e. The van der Waals surface area contributed by atoms with Gasteiger partial charge in [0.2, 0.25) is 5.91 Å². The minimum Gasteiger partial charge on any atom is -0.389 e. The molecular weight excluding hydrogens is 346 g/mol. The number of aliphatic hydroxyl groups is 1. The van der Waals surface area contributed by atoms with Crippen molar-refractivity contribution in [1.29, 1.82) is 0 Å². The molecule has 5 heteroatoms. The number of nitrogens with one attached hydrogen (secondary N) is 1. The minimum absolute atomic E-state index is 0.106. The van der Waals surface area contributed by atoms with Crippen LogP contribution in [0.15, 0.2) is 12.2 Å². The van der Waals surface area contributed by atoms with E-state index in [4.69, 9.17) is 0 Å². The number of amides is 2. The van der Waals surface area contributed by atoms with Crippen molar-refractivity contribution in [2.45, 2.75) is 108 Å². The zero-order valence-electron chi connectivity index (χ0n) is 16.4. The van der Waals surface area contributed by atoms with E-state index in [1.54, 1.807) is 0 Å². The predicted octanol–water partition coefficient (Wildman–Crippen LogP) is 5.74. The SMILES string of the molecule is CCCCC(O)/C=C\CCCCCCCCCCC[C@H]1SC(=O)NC1=O. The summed E-state index contributed by atoms with van der Waals surface area (Å²) in [5.41, 5.74) is 0. The van der Waals surface area contributed by atoms with Gasteiger partial charge in [0, 0.05) is 0 Å². The molecule has 2 atom stereocenters. The molecule has 1 aliphatic rings. The molecule has 0 aromatic rings. The van der Waals surface area contributed by atoms with E-state index in [0.717, 1.165) is 56.7 Å². The van der Waals surface area contributed by atoms with E-state index in [1.165, 1.54) is 44.9 Å². The Labute approximate surface area is 163 Å². The van der Waals surface area contributed by atoms with Gasteiger partial charge in [0.15, 0.2) is 0 Å². The largest absolute Gasteiger partial charge is 0.389 e. The van der Waals surface area contributed by atoms with Gasteiger partial charge < -0.3 is 5.11 Å². The molecule has 1 heterocycles. The van der Waals surface area contributed by atoms with Crippen molar-refractivity contribution >= 4 is 22.9 Å². The Morgan fingerprint density at radius 2 is 1.62 bits per heavy atom. The molecule has 26 heavy (non-hydrogen) atoms. The second-order valence-corrected chi connectivity index (χ2v) is 8.46. The molecule has 0 saturated carbocycles. The standard InChI is InChI=1S/C21H37NO3S/c1-2-3-15-18(23)16-13-11-9-7-5-4-6-8-10-12-14-17-19-20(24)22-21(25)26-19/h13,16,18-19,23H,2-12,14-15,17H2,1H3,(H,22,24,25)/b16-13-/t18?,19-/m1/s1. The van der Waals surface area contributed by atoms with Gasteiger partial charge in [-0.15, -0.1) is 0 Å². The Bertz CT molecular complexity index is 425. The van der Waals surface area contributed by atoms with Gasteiger partial charge in [-0.3, -0.25) is 14.9 Å². The van der Waals surface area contributed by atoms with Gasteiger partial charge in [-0.05, 0) is 25.7 Å².